The van der Waals surface area contributed by atoms with E-state index in [9.17, 15) is 9.90 Å². The van der Waals surface area contributed by atoms with Gasteiger partial charge in [-0.05, 0) is 19.4 Å². The van der Waals surface area contributed by atoms with Crippen LogP contribution in [0.2, 0.25) is 0 Å². The van der Waals surface area contributed by atoms with Crippen LogP contribution in [-0.4, -0.2) is 30.4 Å². The molecule has 106 valence electrons. The standard InChI is InChI=1S/C15H22O4/c1-3-18-15(19-4-2)11-13(16)10-14(17)12-8-6-5-7-9-12/h5-9,14-15,17H,3-4,10-11H2,1-2H3. The minimum atomic E-state index is -0.766. The van der Waals surface area contributed by atoms with Crippen LogP contribution < -0.4 is 0 Å². The molecule has 0 aromatic heterocycles. The Morgan fingerprint density at radius 1 is 1.11 bits per heavy atom. The molecule has 0 heterocycles. The van der Waals surface area contributed by atoms with Crippen molar-refractivity contribution >= 4 is 5.78 Å². The number of ether oxygens (including phenoxy) is 2. The molecular weight excluding hydrogens is 244 g/mol. The van der Waals surface area contributed by atoms with Gasteiger partial charge in [0.2, 0.25) is 0 Å². The van der Waals surface area contributed by atoms with Gasteiger partial charge in [-0.25, -0.2) is 0 Å². The molecule has 0 aliphatic heterocycles. The van der Waals surface area contributed by atoms with Gasteiger partial charge in [0.1, 0.15) is 5.78 Å². The Kier molecular flexibility index (Phi) is 7.33. The molecule has 4 heteroatoms. The van der Waals surface area contributed by atoms with Gasteiger partial charge < -0.3 is 14.6 Å². The molecule has 0 aliphatic carbocycles. The third-order valence-corrected chi connectivity index (χ3v) is 2.70. The summed E-state index contributed by atoms with van der Waals surface area (Å²) in [4.78, 5) is 11.9. The number of rotatable bonds is 9. The highest BCUT2D eigenvalue weighted by Crippen LogP contribution is 2.18. The van der Waals surface area contributed by atoms with Crippen molar-refractivity contribution in [2.24, 2.45) is 0 Å². The maximum atomic E-state index is 11.9. The second-order valence-electron chi connectivity index (χ2n) is 4.21. The van der Waals surface area contributed by atoms with Crippen LogP contribution in [0.25, 0.3) is 0 Å². The lowest BCUT2D eigenvalue weighted by molar-refractivity contribution is -0.153. The molecule has 0 bridgehead atoms. The zero-order valence-electron chi connectivity index (χ0n) is 11.5. The largest absolute Gasteiger partial charge is 0.388 e. The highest BCUT2D eigenvalue weighted by molar-refractivity contribution is 5.79. The van der Waals surface area contributed by atoms with E-state index in [2.05, 4.69) is 0 Å². The predicted octanol–water partition coefficient (Wildman–Crippen LogP) is 2.47. The van der Waals surface area contributed by atoms with E-state index in [0.29, 0.717) is 13.2 Å². The first-order valence-corrected chi connectivity index (χ1v) is 6.65. The van der Waals surface area contributed by atoms with Gasteiger partial charge in [-0.2, -0.15) is 0 Å². The van der Waals surface area contributed by atoms with E-state index >= 15 is 0 Å². The molecule has 0 spiro atoms. The van der Waals surface area contributed by atoms with Gasteiger partial charge in [0.15, 0.2) is 6.29 Å². The van der Waals surface area contributed by atoms with Gasteiger partial charge in [-0.1, -0.05) is 30.3 Å². The maximum Gasteiger partial charge on any atom is 0.164 e. The Morgan fingerprint density at radius 2 is 1.68 bits per heavy atom. The summed E-state index contributed by atoms with van der Waals surface area (Å²) in [5.74, 6) is -0.0664. The SMILES string of the molecule is CCOC(CC(=O)CC(O)c1ccccc1)OCC. The van der Waals surface area contributed by atoms with Gasteiger partial charge in [-0.3, -0.25) is 4.79 Å². The fourth-order valence-electron chi connectivity index (χ4n) is 1.82. The molecule has 19 heavy (non-hydrogen) atoms. The molecule has 1 unspecified atom stereocenters. The van der Waals surface area contributed by atoms with E-state index in [1.54, 1.807) is 12.1 Å². The Bertz CT molecular complexity index is 358. The van der Waals surface area contributed by atoms with E-state index in [0.717, 1.165) is 5.56 Å². The molecule has 0 saturated heterocycles. The van der Waals surface area contributed by atoms with E-state index < -0.39 is 12.4 Å². The Hall–Kier alpha value is -1.23. The van der Waals surface area contributed by atoms with Crippen LogP contribution in [-0.2, 0) is 14.3 Å². The molecule has 0 aliphatic rings. The number of carbonyl (C=O) groups is 1. The van der Waals surface area contributed by atoms with Crippen molar-refractivity contribution in [2.45, 2.75) is 39.1 Å². The van der Waals surface area contributed by atoms with E-state index in [1.165, 1.54) is 0 Å². The zero-order chi connectivity index (χ0) is 14.1. The third-order valence-electron chi connectivity index (χ3n) is 2.70. The lowest BCUT2D eigenvalue weighted by atomic mass is 10.0. The first kappa shape index (κ1) is 15.8. The van der Waals surface area contributed by atoms with Crippen molar-refractivity contribution < 1.29 is 19.4 Å². The van der Waals surface area contributed by atoms with Crippen molar-refractivity contribution in [1.82, 2.24) is 0 Å². The van der Waals surface area contributed by atoms with Crippen molar-refractivity contribution in [1.29, 1.82) is 0 Å². The highest BCUT2D eigenvalue weighted by Gasteiger charge is 2.18. The molecule has 1 rings (SSSR count). The summed E-state index contributed by atoms with van der Waals surface area (Å²) in [5, 5.41) is 9.96. The average molecular weight is 266 g/mol. The molecule has 0 radical (unpaired) electrons. The Labute approximate surface area is 114 Å². The lowest BCUT2D eigenvalue weighted by Crippen LogP contribution is -2.22. The van der Waals surface area contributed by atoms with Crippen molar-refractivity contribution in [3.05, 3.63) is 35.9 Å². The normalized spacial score (nSPS) is 12.6. The van der Waals surface area contributed by atoms with Crippen LogP contribution in [0, 0.1) is 0 Å². The minimum Gasteiger partial charge on any atom is -0.388 e. The first-order valence-electron chi connectivity index (χ1n) is 6.65. The smallest absolute Gasteiger partial charge is 0.164 e. The average Bonchev–Trinajstić information content (AvgIpc) is 2.40. The van der Waals surface area contributed by atoms with Crippen molar-refractivity contribution in [3.8, 4) is 0 Å². The summed E-state index contributed by atoms with van der Waals surface area (Å²) in [5.41, 5.74) is 0.750. The van der Waals surface area contributed by atoms with Gasteiger partial charge in [0.25, 0.3) is 0 Å². The third kappa shape index (κ3) is 5.96. The number of benzene rings is 1. The highest BCUT2D eigenvalue weighted by atomic mass is 16.7. The van der Waals surface area contributed by atoms with Crippen LogP contribution >= 0.6 is 0 Å². The van der Waals surface area contributed by atoms with E-state index in [1.807, 2.05) is 32.0 Å². The topological polar surface area (TPSA) is 55.8 Å². The van der Waals surface area contributed by atoms with Gasteiger partial charge in [0, 0.05) is 19.6 Å². The first-order chi connectivity index (χ1) is 9.17. The van der Waals surface area contributed by atoms with Crippen molar-refractivity contribution in [3.63, 3.8) is 0 Å². The van der Waals surface area contributed by atoms with Crippen LogP contribution in [0.3, 0.4) is 0 Å². The van der Waals surface area contributed by atoms with Gasteiger partial charge >= 0.3 is 0 Å². The van der Waals surface area contributed by atoms with Gasteiger partial charge in [-0.15, -0.1) is 0 Å². The monoisotopic (exact) mass is 266 g/mol. The number of aliphatic hydroxyl groups excluding tert-OH is 1. The van der Waals surface area contributed by atoms with E-state index in [-0.39, 0.29) is 18.6 Å². The van der Waals surface area contributed by atoms with Crippen LogP contribution in [0.5, 0.6) is 0 Å². The predicted molar refractivity (Wildman–Crippen MR) is 72.7 cm³/mol. The molecular formula is C15H22O4. The number of ketones is 1. The molecule has 1 atom stereocenters. The summed E-state index contributed by atoms with van der Waals surface area (Å²) < 4.78 is 10.6. The molecule has 1 aromatic rings. The van der Waals surface area contributed by atoms with Gasteiger partial charge in [0.05, 0.1) is 12.5 Å². The fraction of sp³-hybridized carbons (Fsp3) is 0.533. The summed E-state index contributed by atoms with van der Waals surface area (Å²) >= 11 is 0. The Balaban J connectivity index is 2.45. The molecule has 0 saturated carbocycles. The fourth-order valence-corrected chi connectivity index (χ4v) is 1.82. The summed E-state index contributed by atoms with van der Waals surface area (Å²) in [6.45, 7) is 4.71. The molecule has 0 amide bonds. The minimum absolute atomic E-state index is 0.0664. The number of carbonyl (C=O) groups excluding carboxylic acids is 1. The lowest BCUT2D eigenvalue weighted by Gasteiger charge is -2.17. The molecule has 1 N–H and O–H groups in total. The quantitative estimate of drug-likeness (QED) is 0.698. The zero-order valence-corrected chi connectivity index (χ0v) is 11.5. The maximum absolute atomic E-state index is 11.9. The van der Waals surface area contributed by atoms with Crippen LogP contribution in [0.1, 0.15) is 38.4 Å². The number of aliphatic hydroxyl groups is 1. The van der Waals surface area contributed by atoms with Crippen molar-refractivity contribution in [2.75, 3.05) is 13.2 Å². The number of Topliss-reactive ketones (excluding diaryl/α,β-unsaturated/α-hetero) is 1. The molecule has 1 aromatic carbocycles. The second kappa shape index (κ2) is 8.80. The van der Waals surface area contributed by atoms with Crippen LogP contribution in [0.4, 0.5) is 0 Å². The summed E-state index contributed by atoms with van der Waals surface area (Å²) in [6.07, 6.45) is -1.02. The number of hydrogen-bond donors (Lipinski definition) is 1. The van der Waals surface area contributed by atoms with Crippen LogP contribution in [0.15, 0.2) is 30.3 Å². The summed E-state index contributed by atoms with van der Waals surface area (Å²) in [7, 11) is 0. The molecule has 0 fully saturated rings. The van der Waals surface area contributed by atoms with E-state index in [4.69, 9.17) is 9.47 Å². The number of hydrogen-bond acceptors (Lipinski definition) is 4. The second-order valence-corrected chi connectivity index (χ2v) is 4.21. The Morgan fingerprint density at radius 3 is 2.21 bits per heavy atom. The molecule has 4 nitrogen and oxygen atoms in total. The summed E-state index contributed by atoms with van der Waals surface area (Å²) in [6, 6.07) is 9.16.